The van der Waals surface area contributed by atoms with Gasteiger partial charge >= 0.3 is 6.09 Å². The Morgan fingerprint density at radius 3 is 2.31 bits per heavy atom. The second-order valence-corrected chi connectivity index (χ2v) is 9.32. The van der Waals surface area contributed by atoms with Gasteiger partial charge in [-0.05, 0) is 42.3 Å². The van der Waals surface area contributed by atoms with Gasteiger partial charge < -0.3 is 14.7 Å². The van der Waals surface area contributed by atoms with Gasteiger partial charge in [-0.1, -0.05) is 24.3 Å². The lowest BCUT2D eigenvalue weighted by molar-refractivity contribution is -0.0718. The van der Waals surface area contributed by atoms with E-state index in [1.165, 1.54) is 24.3 Å². The fraction of sp³-hybridized carbons (Fsp3) is 0.381. The molecule has 29 heavy (non-hydrogen) atoms. The molecule has 156 valence electrons. The highest BCUT2D eigenvalue weighted by Crippen LogP contribution is 2.39. The van der Waals surface area contributed by atoms with Gasteiger partial charge in [0.05, 0.1) is 10.9 Å². The number of hydrogen-bond donors (Lipinski definition) is 1. The summed E-state index contributed by atoms with van der Waals surface area (Å²) in [7, 11) is -3.29. The third-order valence-corrected chi connectivity index (χ3v) is 6.55. The molecule has 0 spiro atoms. The Hall–Kier alpha value is -2.45. The average molecular weight is 421 g/mol. The van der Waals surface area contributed by atoms with E-state index in [0.717, 1.165) is 11.8 Å². The number of cyclic esters (lactones) is 1. The van der Waals surface area contributed by atoms with Crippen molar-refractivity contribution in [2.75, 3.05) is 19.4 Å². The van der Waals surface area contributed by atoms with Crippen LogP contribution in [0.5, 0.6) is 0 Å². The van der Waals surface area contributed by atoms with E-state index in [0.29, 0.717) is 18.5 Å². The van der Waals surface area contributed by atoms with Crippen LogP contribution in [0.15, 0.2) is 53.4 Å². The highest BCUT2D eigenvalue weighted by atomic mass is 32.2. The maximum absolute atomic E-state index is 13.3. The van der Waals surface area contributed by atoms with Crippen LogP contribution in [0.2, 0.25) is 0 Å². The molecule has 0 aliphatic carbocycles. The summed E-state index contributed by atoms with van der Waals surface area (Å²) in [6, 6.07) is 11.8. The predicted molar refractivity (Wildman–Crippen MR) is 106 cm³/mol. The van der Waals surface area contributed by atoms with Crippen LogP contribution in [0.25, 0.3) is 0 Å². The first-order valence-corrected chi connectivity index (χ1v) is 11.2. The molecular weight excluding hydrogens is 397 g/mol. The first-order valence-electron chi connectivity index (χ1n) is 9.33. The second-order valence-electron chi connectivity index (χ2n) is 7.30. The molecule has 0 unspecified atom stereocenters. The van der Waals surface area contributed by atoms with E-state index in [1.54, 1.807) is 29.2 Å². The normalized spacial score (nSPS) is 21.0. The molecule has 0 saturated carbocycles. The molecule has 1 fully saturated rings. The second kappa shape index (κ2) is 8.12. The zero-order chi connectivity index (χ0) is 21.2. The Morgan fingerprint density at radius 1 is 1.17 bits per heavy atom. The van der Waals surface area contributed by atoms with Gasteiger partial charge in [0.15, 0.2) is 9.84 Å². The average Bonchev–Trinajstić information content (AvgIpc) is 2.68. The molecule has 0 aromatic heterocycles. The zero-order valence-corrected chi connectivity index (χ0v) is 17.2. The van der Waals surface area contributed by atoms with Crippen LogP contribution in [0, 0.1) is 5.82 Å². The maximum atomic E-state index is 13.3. The minimum Gasteiger partial charge on any atom is -0.438 e. The summed E-state index contributed by atoms with van der Waals surface area (Å²) >= 11 is 0. The van der Waals surface area contributed by atoms with Crippen LogP contribution >= 0.6 is 0 Å². The number of aliphatic hydroxyl groups is 1. The lowest BCUT2D eigenvalue weighted by Gasteiger charge is -2.43. The Morgan fingerprint density at radius 2 is 1.79 bits per heavy atom. The van der Waals surface area contributed by atoms with Crippen molar-refractivity contribution in [3.8, 4) is 0 Å². The first kappa shape index (κ1) is 21.3. The predicted octanol–water partition coefficient (Wildman–Crippen LogP) is 3.41. The third-order valence-electron chi connectivity index (χ3n) is 5.42. The molecule has 2 atom stereocenters. The maximum Gasteiger partial charge on any atom is 0.411 e. The van der Waals surface area contributed by atoms with E-state index in [4.69, 9.17) is 4.74 Å². The Labute approximate surface area is 169 Å². The number of benzene rings is 2. The van der Waals surface area contributed by atoms with Crippen molar-refractivity contribution in [1.29, 1.82) is 0 Å². The summed E-state index contributed by atoms with van der Waals surface area (Å²) in [5, 5.41) is 9.50. The molecule has 2 aromatic carbocycles. The van der Waals surface area contributed by atoms with Gasteiger partial charge in [0.2, 0.25) is 0 Å². The molecule has 1 heterocycles. The van der Waals surface area contributed by atoms with Gasteiger partial charge in [0.1, 0.15) is 11.4 Å². The highest BCUT2D eigenvalue weighted by Gasteiger charge is 2.43. The number of rotatable bonds is 6. The van der Waals surface area contributed by atoms with Crippen molar-refractivity contribution in [1.82, 2.24) is 4.90 Å². The van der Waals surface area contributed by atoms with E-state index in [2.05, 4.69) is 0 Å². The van der Waals surface area contributed by atoms with E-state index in [9.17, 15) is 22.7 Å². The number of ether oxygens (including phenoxy) is 1. The smallest absolute Gasteiger partial charge is 0.411 e. The fourth-order valence-corrected chi connectivity index (χ4v) is 4.28. The minimum atomic E-state index is -3.29. The summed E-state index contributed by atoms with van der Waals surface area (Å²) in [4.78, 5) is 14.6. The van der Waals surface area contributed by atoms with Crippen molar-refractivity contribution in [3.63, 3.8) is 0 Å². The monoisotopic (exact) mass is 421 g/mol. The lowest BCUT2D eigenvalue weighted by atomic mass is 9.85. The van der Waals surface area contributed by atoms with Crippen LogP contribution in [-0.2, 0) is 20.2 Å². The van der Waals surface area contributed by atoms with Gasteiger partial charge in [-0.25, -0.2) is 17.6 Å². The zero-order valence-electron chi connectivity index (χ0n) is 16.3. The Balaban J connectivity index is 1.81. The molecule has 1 N–H and O–H groups in total. The molecule has 3 rings (SSSR count). The van der Waals surface area contributed by atoms with Crippen molar-refractivity contribution in [2.24, 2.45) is 0 Å². The van der Waals surface area contributed by atoms with E-state index >= 15 is 0 Å². The molecule has 1 saturated heterocycles. The SMILES string of the molecule is C[C@@H](c1ccc(S(C)(=O)=O)cc1)N1CC[C@](CCO)(c2ccc(F)cc2)OC1=O. The van der Waals surface area contributed by atoms with E-state index in [1.807, 2.05) is 6.92 Å². The van der Waals surface area contributed by atoms with Crippen molar-refractivity contribution < 1.29 is 27.4 Å². The van der Waals surface area contributed by atoms with Gasteiger partial charge in [-0.2, -0.15) is 0 Å². The number of carbonyl (C=O) groups excluding carboxylic acids is 1. The van der Waals surface area contributed by atoms with Crippen LogP contribution < -0.4 is 0 Å². The lowest BCUT2D eigenvalue weighted by Crippen LogP contribution is -2.49. The molecule has 1 aliphatic rings. The molecule has 2 aromatic rings. The molecular formula is C21H24FNO5S. The third kappa shape index (κ3) is 4.43. The summed E-state index contributed by atoms with van der Waals surface area (Å²) in [6.45, 7) is 2.05. The standard InChI is InChI=1S/C21H24FNO5S/c1-15(16-3-9-19(10-4-16)29(2,26)27)23-13-11-21(12-14-24,28-20(23)25)17-5-7-18(22)8-6-17/h3-10,15,24H,11-14H2,1-2H3/t15-,21-/m0/s1. The summed E-state index contributed by atoms with van der Waals surface area (Å²) < 4.78 is 42.3. The number of hydrogen-bond acceptors (Lipinski definition) is 5. The summed E-state index contributed by atoms with van der Waals surface area (Å²) in [5.41, 5.74) is 0.424. The topological polar surface area (TPSA) is 83.9 Å². The van der Waals surface area contributed by atoms with E-state index in [-0.39, 0.29) is 29.8 Å². The van der Waals surface area contributed by atoms with Gasteiger partial charge in [-0.3, -0.25) is 0 Å². The Bertz CT molecular complexity index is 975. The van der Waals surface area contributed by atoms with Gasteiger partial charge in [0.25, 0.3) is 0 Å². The summed E-state index contributed by atoms with van der Waals surface area (Å²) in [5.74, 6) is -0.386. The first-order chi connectivity index (χ1) is 13.7. The van der Waals surface area contributed by atoms with Crippen LogP contribution in [0.1, 0.15) is 36.9 Å². The molecule has 6 nitrogen and oxygen atoms in total. The van der Waals surface area contributed by atoms with Crippen molar-refractivity contribution in [2.45, 2.75) is 36.3 Å². The number of carbonyl (C=O) groups is 1. The van der Waals surface area contributed by atoms with Crippen LogP contribution in [0.3, 0.4) is 0 Å². The minimum absolute atomic E-state index is 0.173. The number of nitrogens with zero attached hydrogens (tertiary/aromatic N) is 1. The van der Waals surface area contributed by atoms with Crippen molar-refractivity contribution in [3.05, 3.63) is 65.5 Å². The summed E-state index contributed by atoms with van der Waals surface area (Å²) in [6.07, 6.45) is 1.27. The van der Waals surface area contributed by atoms with Crippen molar-refractivity contribution >= 4 is 15.9 Å². The van der Waals surface area contributed by atoms with Crippen LogP contribution in [0.4, 0.5) is 9.18 Å². The quantitative estimate of drug-likeness (QED) is 0.773. The van der Waals surface area contributed by atoms with E-state index < -0.39 is 21.5 Å². The number of amides is 1. The van der Waals surface area contributed by atoms with Crippen LogP contribution in [-0.4, -0.2) is 43.9 Å². The largest absolute Gasteiger partial charge is 0.438 e. The number of aliphatic hydroxyl groups excluding tert-OH is 1. The molecule has 0 radical (unpaired) electrons. The molecule has 1 amide bonds. The fourth-order valence-electron chi connectivity index (χ4n) is 3.65. The Kier molecular flexibility index (Phi) is 5.95. The molecule has 8 heteroatoms. The van der Waals surface area contributed by atoms with Gasteiger partial charge in [0, 0.05) is 32.2 Å². The highest BCUT2D eigenvalue weighted by molar-refractivity contribution is 7.90. The molecule has 0 bridgehead atoms. The molecule has 1 aliphatic heterocycles. The number of sulfone groups is 1. The van der Waals surface area contributed by atoms with Gasteiger partial charge in [-0.15, -0.1) is 0 Å². The number of halogens is 1.